The molecule has 1 amide bonds. The normalized spacial score (nSPS) is 14.3. The van der Waals surface area contributed by atoms with Crippen LogP contribution in [0.1, 0.15) is 18.1 Å². The first-order chi connectivity index (χ1) is 15.0. The summed E-state index contributed by atoms with van der Waals surface area (Å²) in [6, 6.07) is 14.7. The number of rotatable bonds is 6. The molecule has 0 spiro atoms. The van der Waals surface area contributed by atoms with Crippen molar-refractivity contribution in [2.24, 2.45) is 0 Å². The minimum absolute atomic E-state index is 0.105. The van der Waals surface area contributed by atoms with E-state index < -0.39 is 0 Å². The van der Waals surface area contributed by atoms with E-state index >= 15 is 0 Å². The molecule has 7 heteroatoms. The molecular formula is C24H26ClFN4O. The van der Waals surface area contributed by atoms with Gasteiger partial charge in [0.2, 0.25) is 5.91 Å². The lowest BCUT2D eigenvalue weighted by molar-refractivity contribution is -0.129. The third-order valence-electron chi connectivity index (χ3n) is 5.70. The summed E-state index contributed by atoms with van der Waals surface area (Å²) >= 11 is 6.18. The predicted octanol–water partition coefficient (Wildman–Crippen LogP) is 4.03. The number of nitrogens with one attached hydrogen (secondary N) is 1. The van der Waals surface area contributed by atoms with Gasteiger partial charge in [0.15, 0.2) is 0 Å². The molecule has 1 aromatic heterocycles. The van der Waals surface area contributed by atoms with Crippen molar-refractivity contribution >= 4 is 34.2 Å². The van der Waals surface area contributed by atoms with E-state index in [1.165, 1.54) is 6.07 Å². The van der Waals surface area contributed by atoms with Gasteiger partial charge in [0.1, 0.15) is 11.6 Å². The first-order valence-electron chi connectivity index (χ1n) is 10.5. The van der Waals surface area contributed by atoms with Crippen molar-refractivity contribution in [3.63, 3.8) is 0 Å². The van der Waals surface area contributed by atoms with Gasteiger partial charge in [0.25, 0.3) is 0 Å². The molecule has 0 unspecified atom stereocenters. The van der Waals surface area contributed by atoms with Crippen LogP contribution in [0.25, 0.3) is 10.9 Å². The lowest BCUT2D eigenvalue weighted by Gasteiger charge is -2.36. The molecule has 1 fully saturated rings. The van der Waals surface area contributed by atoms with Crippen LogP contribution in [0.5, 0.6) is 0 Å². The maximum absolute atomic E-state index is 13.9. The fourth-order valence-electron chi connectivity index (χ4n) is 3.96. The van der Waals surface area contributed by atoms with Gasteiger partial charge in [-0.25, -0.2) is 9.37 Å². The zero-order valence-electron chi connectivity index (χ0n) is 17.6. The van der Waals surface area contributed by atoms with Crippen LogP contribution in [0, 0.1) is 5.82 Å². The van der Waals surface area contributed by atoms with Crippen LogP contribution in [-0.4, -0.2) is 48.5 Å². The van der Waals surface area contributed by atoms with Gasteiger partial charge in [-0.05, 0) is 42.8 Å². The summed E-state index contributed by atoms with van der Waals surface area (Å²) < 4.78 is 13.9. The third kappa shape index (κ3) is 5.14. The van der Waals surface area contributed by atoms with E-state index in [-0.39, 0.29) is 11.7 Å². The summed E-state index contributed by atoms with van der Waals surface area (Å²) in [6.07, 6.45) is 0.621. The van der Waals surface area contributed by atoms with Gasteiger partial charge < -0.3 is 15.1 Å². The molecule has 0 bridgehead atoms. The van der Waals surface area contributed by atoms with Crippen molar-refractivity contribution in [1.29, 1.82) is 0 Å². The lowest BCUT2D eigenvalue weighted by atomic mass is 10.1. The molecule has 0 atom stereocenters. The van der Waals surface area contributed by atoms with Crippen LogP contribution in [0.4, 0.5) is 10.2 Å². The molecule has 1 aliphatic heterocycles. The van der Waals surface area contributed by atoms with E-state index in [0.717, 1.165) is 35.4 Å². The summed E-state index contributed by atoms with van der Waals surface area (Å²) in [4.78, 5) is 20.7. The van der Waals surface area contributed by atoms with E-state index in [4.69, 9.17) is 16.6 Å². The molecule has 0 aliphatic carbocycles. The molecule has 4 rings (SSSR count). The van der Waals surface area contributed by atoms with Crippen molar-refractivity contribution in [2.45, 2.75) is 19.9 Å². The SMILES string of the molecule is CC(=O)N1CCN(c2nc3cc(Cl)ccc3cc2CNCCc2ccccc2F)CC1. The molecule has 31 heavy (non-hydrogen) atoms. The zero-order chi connectivity index (χ0) is 21.8. The van der Waals surface area contributed by atoms with Crippen molar-refractivity contribution < 1.29 is 9.18 Å². The maximum atomic E-state index is 13.9. The summed E-state index contributed by atoms with van der Waals surface area (Å²) in [5.74, 6) is 0.849. The Balaban J connectivity index is 1.51. The number of hydrogen-bond acceptors (Lipinski definition) is 4. The van der Waals surface area contributed by atoms with E-state index in [1.807, 2.05) is 35.2 Å². The summed E-state index contributed by atoms with van der Waals surface area (Å²) in [5.41, 5.74) is 2.65. The highest BCUT2D eigenvalue weighted by atomic mass is 35.5. The predicted molar refractivity (Wildman–Crippen MR) is 123 cm³/mol. The largest absolute Gasteiger partial charge is 0.353 e. The summed E-state index contributed by atoms with van der Waals surface area (Å²) in [5, 5.41) is 5.12. The van der Waals surface area contributed by atoms with Crippen LogP contribution in [-0.2, 0) is 17.8 Å². The highest BCUT2D eigenvalue weighted by molar-refractivity contribution is 6.31. The molecule has 2 heterocycles. The van der Waals surface area contributed by atoms with E-state index in [2.05, 4.69) is 16.3 Å². The molecule has 3 aromatic rings. The standard InChI is InChI=1S/C24H26ClFN4O/c1-17(31)29-10-12-30(13-11-29)24-20(14-19-6-7-21(25)15-23(19)28-24)16-27-9-8-18-4-2-3-5-22(18)26/h2-7,14-15,27H,8-13,16H2,1H3. The molecule has 1 saturated heterocycles. The fraction of sp³-hybridized carbons (Fsp3) is 0.333. The first kappa shape index (κ1) is 21.5. The maximum Gasteiger partial charge on any atom is 0.219 e. The van der Waals surface area contributed by atoms with E-state index in [1.54, 1.807) is 13.0 Å². The number of benzene rings is 2. The van der Waals surface area contributed by atoms with Gasteiger partial charge in [-0.15, -0.1) is 0 Å². The Kier molecular flexibility index (Phi) is 6.68. The van der Waals surface area contributed by atoms with Gasteiger partial charge in [-0.1, -0.05) is 35.9 Å². The average molecular weight is 441 g/mol. The van der Waals surface area contributed by atoms with Gasteiger partial charge in [0, 0.05) is 55.6 Å². The second-order valence-electron chi connectivity index (χ2n) is 7.82. The number of anilines is 1. The monoisotopic (exact) mass is 440 g/mol. The number of fused-ring (bicyclic) bond motifs is 1. The second kappa shape index (κ2) is 9.62. The van der Waals surface area contributed by atoms with Crippen LogP contribution >= 0.6 is 11.6 Å². The molecule has 1 N–H and O–H groups in total. The lowest BCUT2D eigenvalue weighted by Crippen LogP contribution is -2.48. The minimum atomic E-state index is -0.169. The van der Waals surface area contributed by atoms with Gasteiger partial charge in [-0.3, -0.25) is 4.79 Å². The fourth-order valence-corrected chi connectivity index (χ4v) is 4.12. The number of hydrogen-bond donors (Lipinski definition) is 1. The van der Waals surface area contributed by atoms with Crippen molar-refractivity contribution in [1.82, 2.24) is 15.2 Å². The topological polar surface area (TPSA) is 48.5 Å². The van der Waals surface area contributed by atoms with Gasteiger partial charge in [0.05, 0.1) is 5.52 Å². The van der Waals surface area contributed by atoms with E-state index in [9.17, 15) is 9.18 Å². The van der Waals surface area contributed by atoms with E-state index in [0.29, 0.717) is 43.2 Å². The number of carbonyl (C=O) groups excluding carboxylic acids is 1. The van der Waals surface area contributed by atoms with Gasteiger partial charge >= 0.3 is 0 Å². The van der Waals surface area contributed by atoms with Crippen molar-refractivity contribution in [3.05, 3.63) is 70.5 Å². The minimum Gasteiger partial charge on any atom is -0.353 e. The molecule has 0 radical (unpaired) electrons. The Bertz CT molecular complexity index is 1080. The van der Waals surface area contributed by atoms with Crippen molar-refractivity contribution in [2.75, 3.05) is 37.6 Å². The summed E-state index contributed by atoms with van der Waals surface area (Å²) in [6.45, 7) is 5.74. The number of piperazine rings is 1. The Hall–Kier alpha value is -2.70. The quantitative estimate of drug-likeness (QED) is 0.588. The molecule has 2 aromatic carbocycles. The molecule has 5 nitrogen and oxygen atoms in total. The van der Waals surface area contributed by atoms with Crippen LogP contribution in [0.3, 0.4) is 0 Å². The number of halogens is 2. The number of nitrogens with zero attached hydrogens (tertiary/aromatic N) is 3. The number of carbonyl (C=O) groups is 1. The smallest absolute Gasteiger partial charge is 0.219 e. The zero-order valence-corrected chi connectivity index (χ0v) is 18.3. The molecular weight excluding hydrogens is 415 g/mol. The average Bonchev–Trinajstić information content (AvgIpc) is 2.77. The summed E-state index contributed by atoms with van der Waals surface area (Å²) in [7, 11) is 0. The molecule has 0 saturated carbocycles. The number of pyridine rings is 1. The Morgan fingerprint density at radius 3 is 2.61 bits per heavy atom. The highest BCUT2D eigenvalue weighted by Gasteiger charge is 2.22. The Morgan fingerprint density at radius 1 is 1.10 bits per heavy atom. The van der Waals surface area contributed by atoms with Gasteiger partial charge in [-0.2, -0.15) is 0 Å². The van der Waals surface area contributed by atoms with Crippen molar-refractivity contribution in [3.8, 4) is 0 Å². The first-order valence-corrected chi connectivity index (χ1v) is 10.9. The number of amides is 1. The van der Waals surface area contributed by atoms with Crippen LogP contribution in [0.15, 0.2) is 48.5 Å². The highest BCUT2D eigenvalue weighted by Crippen LogP contribution is 2.26. The Labute approximate surface area is 186 Å². The Morgan fingerprint density at radius 2 is 1.87 bits per heavy atom. The van der Waals surface area contributed by atoms with Crippen LogP contribution in [0.2, 0.25) is 5.02 Å². The molecule has 1 aliphatic rings. The second-order valence-corrected chi connectivity index (χ2v) is 8.26. The van der Waals surface area contributed by atoms with Crippen LogP contribution < -0.4 is 10.2 Å². The molecule has 162 valence electrons. The number of aromatic nitrogens is 1. The third-order valence-corrected chi connectivity index (χ3v) is 5.94.